The maximum atomic E-state index is 12.9. The number of sulfonamides is 1. The normalized spacial score (nSPS) is 12.4. The van der Waals surface area contributed by atoms with Crippen molar-refractivity contribution in [1.82, 2.24) is 0 Å². The lowest BCUT2D eigenvalue weighted by Crippen LogP contribution is -2.17. The maximum absolute atomic E-state index is 12.9. The van der Waals surface area contributed by atoms with Crippen molar-refractivity contribution in [3.05, 3.63) is 64.0 Å². The highest BCUT2D eigenvalue weighted by Crippen LogP contribution is 2.35. The molecule has 0 spiro atoms. The molecule has 26 heavy (non-hydrogen) atoms. The third-order valence-corrected chi connectivity index (χ3v) is 4.62. The smallest absolute Gasteiger partial charge is 0.376 e. The quantitative estimate of drug-likeness (QED) is 0.776. The lowest BCUT2D eigenvalue weighted by Gasteiger charge is -2.19. The number of rotatable bonds is 5. The third-order valence-electron chi connectivity index (χ3n) is 3.37. The molecule has 0 aromatic heterocycles. The summed E-state index contributed by atoms with van der Waals surface area (Å²) in [5.41, 5.74) is -0.216. The highest BCUT2D eigenvalue weighted by Gasteiger charge is 2.31. The number of nitrogens with one attached hydrogen (secondary N) is 1. The molecule has 0 aliphatic heterocycles. The van der Waals surface area contributed by atoms with Crippen molar-refractivity contribution in [2.75, 3.05) is 23.7 Å². The topological polar surface area (TPSA) is 49.4 Å². The van der Waals surface area contributed by atoms with E-state index >= 15 is 0 Å². The summed E-state index contributed by atoms with van der Waals surface area (Å²) in [6.45, 7) is 0. The van der Waals surface area contributed by atoms with Crippen molar-refractivity contribution in [3.8, 4) is 0 Å². The summed E-state index contributed by atoms with van der Waals surface area (Å²) in [4.78, 5) is 1.51. The second-order valence-corrected chi connectivity index (χ2v) is 7.63. The molecule has 1 N–H and O–H groups in total. The molecular weight excluding hydrogens is 389 g/mol. The van der Waals surface area contributed by atoms with Crippen molar-refractivity contribution < 1.29 is 21.6 Å². The van der Waals surface area contributed by atoms with Gasteiger partial charge >= 0.3 is 6.18 Å². The average Bonchev–Trinajstić information content (AvgIpc) is 2.53. The van der Waals surface area contributed by atoms with Gasteiger partial charge < -0.3 is 4.90 Å². The van der Waals surface area contributed by atoms with Gasteiger partial charge in [-0.05, 0) is 42.0 Å². The molecule has 0 amide bonds. The van der Waals surface area contributed by atoms with Gasteiger partial charge in [0.05, 0.1) is 22.3 Å². The Balaban J connectivity index is 2.33. The van der Waals surface area contributed by atoms with Gasteiger partial charge in [-0.1, -0.05) is 23.7 Å². The maximum Gasteiger partial charge on any atom is 0.416 e. The van der Waals surface area contributed by atoms with Crippen LogP contribution < -0.4 is 9.62 Å². The molecule has 4 nitrogen and oxygen atoms in total. The van der Waals surface area contributed by atoms with Crippen molar-refractivity contribution in [3.63, 3.8) is 0 Å². The summed E-state index contributed by atoms with van der Waals surface area (Å²) in [7, 11) is -0.817. The van der Waals surface area contributed by atoms with E-state index in [1.54, 1.807) is 38.4 Å². The van der Waals surface area contributed by atoms with Gasteiger partial charge in [-0.3, -0.25) is 4.72 Å². The fourth-order valence-electron chi connectivity index (χ4n) is 2.11. The lowest BCUT2D eigenvalue weighted by atomic mass is 10.1. The summed E-state index contributed by atoms with van der Waals surface area (Å²) in [6, 6.07) is 9.30. The molecule has 140 valence electrons. The Morgan fingerprint density at radius 2 is 1.69 bits per heavy atom. The van der Waals surface area contributed by atoms with Gasteiger partial charge in [0.2, 0.25) is 0 Å². The Morgan fingerprint density at radius 1 is 1.08 bits per heavy atom. The van der Waals surface area contributed by atoms with Crippen molar-refractivity contribution in [1.29, 1.82) is 0 Å². The Morgan fingerprint density at radius 3 is 2.23 bits per heavy atom. The van der Waals surface area contributed by atoms with E-state index < -0.39 is 21.8 Å². The average molecular weight is 405 g/mol. The SMILES string of the molecule is CN(C)c1ccc(C(F)(F)F)cc1NS(=O)(=O)/C=C/c1ccc(Cl)cc1. The molecule has 0 heterocycles. The van der Waals surface area contributed by atoms with Crippen LogP contribution in [-0.4, -0.2) is 22.5 Å². The zero-order chi connectivity index (χ0) is 19.5. The first-order chi connectivity index (χ1) is 12.0. The first kappa shape index (κ1) is 20.1. The minimum absolute atomic E-state index is 0.161. The van der Waals surface area contributed by atoms with Crippen LogP contribution in [-0.2, 0) is 16.2 Å². The molecule has 0 saturated heterocycles. The van der Waals surface area contributed by atoms with E-state index in [0.717, 1.165) is 17.5 Å². The fourth-order valence-corrected chi connectivity index (χ4v) is 3.11. The highest BCUT2D eigenvalue weighted by atomic mass is 35.5. The first-order valence-electron chi connectivity index (χ1n) is 7.33. The molecule has 0 radical (unpaired) electrons. The van der Waals surface area contributed by atoms with Crippen LogP contribution >= 0.6 is 11.6 Å². The van der Waals surface area contributed by atoms with Gasteiger partial charge in [0.1, 0.15) is 0 Å². The van der Waals surface area contributed by atoms with E-state index in [1.807, 2.05) is 0 Å². The van der Waals surface area contributed by atoms with Gasteiger partial charge in [-0.2, -0.15) is 13.2 Å². The predicted molar refractivity (Wildman–Crippen MR) is 98.8 cm³/mol. The molecule has 0 unspecified atom stereocenters. The number of hydrogen-bond acceptors (Lipinski definition) is 3. The van der Waals surface area contributed by atoms with E-state index in [1.165, 1.54) is 17.0 Å². The van der Waals surface area contributed by atoms with Crippen LogP contribution in [0.1, 0.15) is 11.1 Å². The van der Waals surface area contributed by atoms with Gasteiger partial charge in [-0.15, -0.1) is 0 Å². The summed E-state index contributed by atoms with van der Waals surface area (Å²) in [5.74, 6) is 0. The Labute approximate surface area is 154 Å². The standard InChI is InChI=1S/C17H16ClF3N2O2S/c1-23(2)16-8-5-13(17(19,20)21)11-15(16)22-26(24,25)10-9-12-3-6-14(18)7-4-12/h3-11,22H,1-2H3/b10-9+. The minimum Gasteiger partial charge on any atom is -0.376 e. The second kappa shape index (κ2) is 7.59. The van der Waals surface area contributed by atoms with Crippen LogP contribution in [0.4, 0.5) is 24.5 Å². The Hall–Kier alpha value is -2.19. The van der Waals surface area contributed by atoms with Crippen molar-refractivity contribution in [2.45, 2.75) is 6.18 Å². The van der Waals surface area contributed by atoms with Crippen LogP contribution in [0.5, 0.6) is 0 Å². The van der Waals surface area contributed by atoms with Crippen LogP contribution in [0.25, 0.3) is 6.08 Å². The van der Waals surface area contributed by atoms with Gasteiger partial charge in [0, 0.05) is 19.1 Å². The minimum atomic E-state index is -4.58. The van der Waals surface area contributed by atoms with E-state index in [0.29, 0.717) is 16.3 Å². The molecule has 2 aromatic carbocycles. The number of hydrogen-bond donors (Lipinski definition) is 1. The largest absolute Gasteiger partial charge is 0.416 e. The van der Waals surface area contributed by atoms with Crippen LogP contribution in [0.15, 0.2) is 47.9 Å². The van der Waals surface area contributed by atoms with Crippen molar-refractivity contribution in [2.24, 2.45) is 0 Å². The van der Waals surface area contributed by atoms with Crippen LogP contribution in [0.2, 0.25) is 5.02 Å². The molecule has 0 aliphatic carbocycles. The fraction of sp³-hybridized carbons (Fsp3) is 0.176. The molecule has 0 aliphatic rings. The van der Waals surface area contributed by atoms with Gasteiger partial charge in [0.25, 0.3) is 10.0 Å². The number of alkyl halides is 3. The Kier molecular flexibility index (Phi) is 5.87. The van der Waals surface area contributed by atoms with Crippen molar-refractivity contribution >= 4 is 39.1 Å². The molecule has 0 bridgehead atoms. The van der Waals surface area contributed by atoms with E-state index in [-0.39, 0.29) is 5.69 Å². The molecular formula is C17H16ClF3N2O2S. The number of halogens is 4. The molecule has 0 saturated carbocycles. The van der Waals surface area contributed by atoms with E-state index in [2.05, 4.69) is 4.72 Å². The first-order valence-corrected chi connectivity index (χ1v) is 9.25. The van der Waals surface area contributed by atoms with E-state index in [9.17, 15) is 21.6 Å². The summed E-state index contributed by atoms with van der Waals surface area (Å²) in [5, 5.41) is 1.39. The number of anilines is 2. The van der Waals surface area contributed by atoms with Gasteiger partial charge in [0.15, 0.2) is 0 Å². The number of benzene rings is 2. The molecule has 0 atom stereocenters. The monoisotopic (exact) mass is 404 g/mol. The van der Waals surface area contributed by atoms with Crippen LogP contribution in [0, 0.1) is 0 Å². The third kappa shape index (κ3) is 5.40. The van der Waals surface area contributed by atoms with E-state index in [4.69, 9.17) is 11.6 Å². The Bertz CT molecular complexity index is 909. The van der Waals surface area contributed by atoms with Gasteiger partial charge in [-0.25, -0.2) is 8.42 Å². The number of nitrogens with zero attached hydrogens (tertiary/aromatic N) is 1. The summed E-state index contributed by atoms with van der Waals surface area (Å²) in [6.07, 6.45) is -3.26. The second-order valence-electron chi connectivity index (χ2n) is 5.63. The highest BCUT2D eigenvalue weighted by molar-refractivity contribution is 7.95. The summed E-state index contributed by atoms with van der Waals surface area (Å²) < 4.78 is 65.4. The predicted octanol–water partition coefficient (Wildman–Crippen LogP) is 4.84. The molecule has 0 fully saturated rings. The zero-order valence-corrected chi connectivity index (χ0v) is 15.5. The molecule has 9 heteroatoms. The summed E-state index contributed by atoms with van der Waals surface area (Å²) >= 11 is 5.76. The molecule has 2 aromatic rings. The van der Waals surface area contributed by atoms with Crippen LogP contribution in [0.3, 0.4) is 0 Å². The zero-order valence-electron chi connectivity index (χ0n) is 13.9. The lowest BCUT2D eigenvalue weighted by molar-refractivity contribution is -0.137. The molecule has 2 rings (SSSR count).